The first kappa shape index (κ1) is 35.7. The van der Waals surface area contributed by atoms with Gasteiger partial charge in [-0.25, -0.2) is 14.4 Å². The number of hydrogen-bond acceptors (Lipinski definition) is 10. The first-order chi connectivity index (χ1) is 22.6. The van der Waals surface area contributed by atoms with Crippen LogP contribution in [0, 0.1) is 29.5 Å². The van der Waals surface area contributed by atoms with Crippen molar-refractivity contribution in [3.05, 3.63) is 47.0 Å². The van der Waals surface area contributed by atoms with Gasteiger partial charge in [0.25, 0.3) is 0 Å². The van der Waals surface area contributed by atoms with Crippen LogP contribution in [0.4, 0.5) is 10.3 Å². The number of anilines is 1. The zero-order chi connectivity index (χ0) is 33.5. The Morgan fingerprint density at radius 1 is 0.979 bits per heavy atom. The Kier molecular flexibility index (Phi) is 12.7. The lowest BCUT2D eigenvalue weighted by molar-refractivity contribution is -0.137. The highest BCUT2D eigenvalue weighted by atomic mass is 35.5. The van der Waals surface area contributed by atoms with Crippen molar-refractivity contribution in [3.8, 4) is 5.75 Å². The molecule has 1 aromatic carbocycles. The second kappa shape index (κ2) is 16.7. The van der Waals surface area contributed by atoms with Gasteiger partial charge in [-0.3, -0.25) is 4.79 Å². The molecule has 260 valence electrons. The molecule has 1 saturated carbocycles. The van der Waals surface area contributed by atoms with E-state index in [4.69, 9.17) is 21.4 Å². The number of aliphatic hydroxyl groups is 5. The van der Waals surface area contributed by atoms with E-state index in [0.29, 0.717) is 54.8 Å². The normalized spacial score (nSPS) is 23.0. The van der Waals surface area contributed by atoms with Crippen molar-refractivity contribution in [2.24, 2.45) is 23.7 Å². The summed E-state index contributed by atoms with van der Waals surface area (Å²) in [6.45, 7) is 2.85. The standard InChI is InChI=1S/C34H48ClFN4O7/c35-26-16-37-34(38-17-26)39-9-6-23(7-10-39)25-12-21(13-25)8-11-47-27-5-4-24(28(36)15-27)14-31(44)40-18-22(19-40)2-1-3-29(42)32(45)33(46)30(43)20-41/h4-5,15-17,21-23,25,29-30,32-33,41-43,45-46H,1-3,6-14,18-20H2/t21?,25?,29-,30+,32+,33+/m0/s1. The summed E-state index contributed by atoms with van der Waals surface area (Å²) in [5.41, 5.74) is 0.335. The van der Waals surface area contributed by atoms with E-state index in [0.717, 1.165) is 50.1 Å². The van der Waals surface area contributed by atoms with Crippen LogP contribution in [-0.2, 0) is 11.2 Å². The van der Waals surface area contributed by atoms with Crippen molar-refractivity contribution >= 4 is 23.5 Å². The quantitative estimate of drug-likeness (QED) is 0.179. The molecule has 1 aliphatic carbocycles. The molecular formula is C34H48ClFN4O7. The van der Waals surface area contributed by atoms with E-state index in [9.17, 15) is 29.6 Å². The van der Waals surface area contributed by atoms with Crippen LogP contribution >= 0.6 is 11.6 Å². The summed E-state index contributed by atoms with van der Waals surface area (Å²) >= 11 is 5.91. The maximum Gasteiger partial charge on any atom is 0.227 e. The topological polar surface area (TPSA) is 160 Å². The molecule has 11 nitrogen and oxygen atoms in total. The van der Waals surface area contributed by atoms with Gasteiger partial charge in [-0.2, -0.15) is 0 Å². The monoisotopic (exact) mass is 678 g/mol. The zero-order valence-electron chi connectivity index (χ0n) is 26.7. The number of ether oxygens (including phenoxy) is 1. The van der Waals surface area contributed by atoms with E-state index >= 15 is 0 Å². The molecule has 1 amide bonds. The number of nitrogens with zero attached hydrogens (tertiary/aromatic N) is 4. The summed E-state index contributed by atoms with van der Waals surface area (Å²) < 4.78 is 20.7. The van der Waals surface area contributed by atoms with Crippen LogP contribution in [-0.4, -0.2) is 110 Å². The number of hydrogen-bond donors (Lipinski definition) is 5. The number of benzene rings is 1. The number of piperidine rings is 1. The second-order valence-corrected chi connectivity index (χ2v) is 14.0. The highest BCUT2D eigenvalue weighted by Gasteiger charge is 2.37. The predicted octanol–water partition coefficient (Wildman–Crippen LogP) is 2.59. The predicted molar refractivity (Wildman–Crippen MR) is 173 cm³/mol. The molecule has 13 heteroatoms. The Morgan fingerprint density at radius 2 is 1.66 bits per heavy atom. The van der Waals surface area contributed by atoms with Crippen LogP contribution < -0.4 is 9.64 Å². The Hall–Kier alpha value is -2.61. The molecule has 0 bridgehead atoms. The molecule has 3 heterocycles. The van der Waals surface area contributed by atoms with Crippen molar-refractivity contribution in [1.82, 2.24) is 14.9 Å². The summed E-state index contributed by atoms with van der Waals surface area (Å²) in [6.07, 6.45) is 4.47. The van der Waals surface area contributed by atoms with Gasteiger partial charge in [0.05, 0.1) is 43.2 Å². The van der Waals surface area contributed by atoms with Gasteiger partial charge in [-0.1, -0.05) is 24.1 Å². The van der Waals surface area contributed by atoms with E-state index in [2.05, 4.69) is 14.9 Å². The molecule has 2 aromatic rings. The van der Waals surface area contributed by atoms with E-state index in [1.807, 2.05) is 0 Å². The van der Waals surface area contributed by atoms with Gasteiger partial charge < -0.3 is 40.1 Å². The molecule has 3 fully saturated rings. The maximum absolute atomic E-state index is 14.8. The molecule has 47 heavy (non-hydrogen) atoms. The zero-order valence-corrected chi connectivity index (χ0v) is 27.5. The van der Waals surface area contributed by atoms with Gasteiger partial charge in [0.2, 0.25) is 11.9 Å². The molecule has 1 aromatic heterocycles. The second-order valence-electron chi connectivity index (χ2n) is 13.6. The lowest BCUT2D eigenvalue weighted by Crippen LogP contribution is -2.50. The number of amides is 1. The average Bonchev–Trinajstić information content (AvgIpc) is 3.03. The Labute approximate surface area is 280 Å². The molecule has 5 rings (SSSR count). The van der Waals surface area contributed by atoms with Crippen molar-refractivity contribution in [2.75, 3.05) is 44.3 Å². The summed E-state index contributed by atoms with van der Waals surface area (Å²) in [5, 5.41) is 48.5. The summed E-state index contributed by atoms with van der Waals surface area (Å²) in [4.78, 5) is 25.3. The lowest BCUT2D eigenvalue weighted by Gasteiger charge is -2.44. The third-order valence-corrected chi connectivity index (χ3v) is 10.5. The number of carbonyl (C=O) groups is 1. The van der Waals surface area contributed by atoms with Crippen LogP contribution in [0.5, 0.6) is 5.75 Å². The largest absolute Gasteiger partial charge is 0.493 e. The van der Waals surface area contributed by atoms with Gasteiger partial charge >= 0.3 is 0 Å². The Morgan fingerprint density at radius 3 is 2.32 bits per heavy atom. The Bertz CT molecular complexity index is 1290. The first-order valence-corrected chi connectivity index (χ1v) is 17.2. The first-order valence-electron chi connectivity index (χ1n) is 16.9. The van der Waals surface area contributed by atoms with Gasteiger partial charge in [0.15, 0.2) is 0 Å². The molecule has 0 radical (unpaired) electrons. The van der Waals surface area contributed by atoms with Crippen molar-refractivity contribution in [2.45, 2.75) is 82.2 Å². The molecule has 0 unspecified atom stereocenters. The van der Waals surface area contributed by atoms with Crippen LogP contribution in [0.15, 0.2) is 30.6 Å². The van der Waals surface area contributed by atoms with Crippen LogP contribution in [0.3, 0.4) is 0 Å². The van der Waals surface area contributed by atoms with E-state index in [1.165, 1.54) is 18.9 Å². The minimum absolute atomic E-state index is 0.0239. The molecule has 5 N–H and O–H groups in total. The summed E-state index contributed by atoms with van der Waals surface area (Å²) in [5.74, 6) is 2.99. The average molecular weight is 679 g/mol. The third-order valence-electron chi connectivity index (χ3n) is 10.3. The SMILES string of the molecule is O=C(Cc1ccc(OCCC2CC(C3CCN(c4ncc(Cl)cn4)CC3)C2)cc1F)N1CC(CCC[C@H](O)[C@@H](O)[C@H](O)[C@H](O)CO)C1. The number of rotatable bonds is 16. The Balaban J connectivity index is 0.928. The minimum atomic E-state index is -1.63. The van der Waals surface area contributed by atoms with E-state index in [1.54, 1.807) is 29.4 Å². The smallest absolute Gasteiger partial charge is 0.227 e. The van der Waals surface area contributed by atoms with Crippen molar-refractivity contribution in [1.29, 1.82) is 0 Å². The summed E-state index contributed by atoms with van der Waals surface area (Å²) in [7, 11) is 0. The highest BCUT2D eigenvalue weighted by molar-refractivity contribution is 6.30. The van der Waals surface area contributed by atoms with Gasteiger partial charge in [0, 0.05) is 32.2 Å². The molecule has 4 atom stereocenters. The van der Waals surface area contributed by atoms with Crippen LogP contribution in [0.2, 0.25) is 5.02 Å². The van der Waals surface area contributed by atoms with E-state index < -0.39 is 36.8 Å². The van der Waals surface area contributed by atoms with Gasteiger partial charge in [-0.05, 0) is 80.2 Å². The highest BCUT2D eigenvalue weighted by Crippen LogP contribution is 2.44. The fraction of sp³-hybridized carbons (Fsp3) is 0.676. The number of aromatic nitrogens is 2. The minimum Gasteiger partial charge on any atom is -0.493 e. The maximum atomic E-state index is 14.8. The van der Waals surface area contributed by atoms with Gasteiger partial charge in [0.1, 0.15) is 29.9 Å². The van der Waals surface area contributed by atoms with Gasteiger partial charge in [-0.15, -0.1) is 0 Å². The number of aliphatic hydroxyl groups excluding tert-OH is 5. The molecule has 3 aliphatic rings. The molecule has 0 spiro atoms. The van der Waals surface area contributed by atoms with Crippen LogP contribution in [0.25, 0.3) is 0 Å². The van der Waals surface area contributed by atoms with E-state index in [-0.39, 0.29) is 24.7 Å². The number of halogens is 2. The fourth-order valence-corrected chi connectivity index (χ4v) is 7.23. The molecule has 2 aliphatic heterocycles. The molecular weight excluding hydrogens is 631 g/mol. The van der Waals surface area contributed by atoms with Crippen molar-refractivity contribution < 1.29 is 39.5 Å². The lowest BCUT2D eigenvalue weighted by atomic mass is 9.65. The van der Waals surface area contributed by atoms with Crippen LogP contribution in [0.1, 0.15) is 56.9 Å². The number of likely N-dealkylation sites (tertiary alicyclic amines) is 1. The third kappa shape index (κ3) is 9.51. The fourth-order valence-electron chi connectivity index (χ4n) is 7.13. The molecule has 2 saturated heterocycles. The summed E-state index contributed by atoms with van der Waals surface area (Å²) in [6, 6.07) is 4.71. The number of carbonyl (C=O) groups excluding carboxylic acids is 1. The van der Waals surface area contributed by atoms with Crippen molar-refractivity contribution in [3.63, 3.8) is 0 Å².